The van der Waals surface area contributed by atoms with Gasteiger partial charge in [-0.3, -0.25) is 0 Å². The highest BCUT2D eigenvalue weighted by Crippen LogP contribution is 2.38. The molecule has 2 aliphatic rings. The minimum Gasteiger partial charge on any atom is -0.309 e. The third kappa shape index (κ3) is 4.33. The summed E-state index contributed by atoms with van der Waals surface area (Å²) in [7, 11) is -3.32. The number of nitrogens with two attached hydrogens (primary N) is 1. The van der Waals surface area contributed by atoms with Crippen LogP contribution in [0, 0.1) is 0 Å². The van der Waals surface area contributed by atoms with Gasteiger partial charge in [-0.1, -0.05) is 24.3 Å². The van der Waals surface area contributed by atoms with Gasteiger partial charge in [0, 0.05) is 18.8 Å². The van der Waals surface area contributed by atoms with Crippen LogP contribution < -0.4 is 15.8 Å². The number of carbonyl (C=O) groups is 1. The van der Waals surface area contributed by atoms with Gasteiger partial charge in [-0.05, 0) is 78.5 Å². The van der Waals surface area contributed by atoms with Crippen molar-refractivity contribution in [2.24, 2.45) is 9.50 Å². The summed E-state index contributed by atoms with van der Waals surface area (Å²) in [6.45, 7) is 5.04. The average Bonchev–Trinajstić information content (AvgIpc) is 3.37. The number of anilines is 1. The van der Waals surface area contributed by atoms with Gasteiger partial charge in [0.1, 0.15) is 9.92 Å². The Kier molecular flexibility index (Phi) is 6.04. The monoisotopic (exact) mass is 424 g/mol. The first-order chi connectivity index (χ1) is 14.5. The molecule has 2 amide bonds. The van der Waals surface area contributed by atoms with Gasteiger partial charge < -0.3 is 10.6 Å². The second-order valence-corrected chi connectivity index (χ2v) is 9.68. The van der Waals surface area contributed by atoms with Crippen molar-refractivity contribution >= 4 is 21.6 Å². The van der Waals surface area contributed by atoms with Gasteiger partial charge in [0.15, 0.2) is 0 Å². The second-order valence-electron chi connectivity index (χ2n) is 7.89. The lowest BCUT2D eigenvalue weighted by atomic mass is 9.99. The third-order valence-corrected chi connectivity index (χ3v) is 7.19. The summed E-state index contributed by atoms with van der Waals surface area (Å²) in [5.41, 5.74) is 6.96. The molecule has 0 spiro atoms. The molecular formula is C23H28N4O2S. The summed E-state index contributed by atoms with van der Waals surface area (Å²) in [4.78, 5) is 13.0. The molecule has 0 aliphatic heterocycles. The van der Waals surface area contributed by atoms with Gasteiger partial charge in [0.05, 0.1) is 4.90 Å². The number of rotatable bonds is 6. The number of nitrogens with zero attached hydrogens (tertiary/aromatic N) is 1. The standard InChI is InChI=1S/C23H28N4O2S/c1-2-13-25-15-16-9-11-19(12-10-16)30(24,29)27-23(28)26-22-20-7-3-5-17(20)14-18-6-4-8-21(18)22/h2,9-12,14,25H,1,3-8,13,15H2,(H3,24,26,27,28,29). The van der Waals surface area contributed by atoms with E-state index in [0.717, 1.165) is 49.8 Å². The third-order valence-electron chi connectivity index (χ3n) is 5.80. The Morgan fingerprint density at radius 1 is 1.10 bits per heavy atom. The number of amides is 2. The predicted molar refractivity (Wildman–Crippen MR) is 121 cm³/mol. The maximum Gasteiger partial charge on any atom is 0.354 e. The Morgan fingerprint density at radius 2 is 1.73 bits per heavy atom. The van der Waals surface area contributed by atoms with E-state index in [4.69, 9.17) is 5.14 Å². The number of aryl methyl sites for hydroxylation is 2. The van der Waals surface area contributed by atoms with E-state index in [2.05, 4.69) is 27.6 Å². The SMILES string of the molecule is C=CCNCc1ccc(S(N)(=O)=NC(=O)Nc2c3c(cc4c2CCC4)CCC3)cc1. The van der Waals surface area contributed by atoms with Crippen LogP contribution in [-0.4, -0.2) is 16.8 Å². The normalized spacial score (nSPS) is 16.4. The molecule has 158 valence electrons. The highest BCUT2D eigenvalue weighted by molar-refractivity contribution is 7.91. The van der Waals surface area contributed by atoms with Crippen molar-refractivity contribution < 1.29 is 9.00 Å². The van der Waals surface area contributed by atoms with Crippen molar-refractivity contribution in [3.63, 3.8) is 0 Å². The number of benzene rings is 2. The highest BCUT2D eigenvalue weighted by Gasteiger charge is 2.25. The van der Waals surface area contributed by atoms with E-state index < -0.39 is 15.9 Å². The predicted octanol–water partition coefficient (Wildman–Crippen LogP) is 3.87. The zero-order chi connectivity index (χ0) is 21.1. The lowest BCUT2D eigenvalue weighted by Crippen LogP contribution is -2.19. The van der Waals surface area contributed by atoms with Crippen LogP contribution in [0.3, 0.4) is 0 Å². The number of carbonyl (C=O) groups excluding carboxylic acids is 1. The van der Waals surface area contributed by atoms with E-state index in [0.29, 0.717) is 18.0 Å². The van der Waals surface area contributed by atoms with Crippen molar-refractivity contribution in [1.29, 1.82) is 0 Å². The summed E-state index contributed by atoms with van der Waals surface area (Å²) in [6, 6.07) is 8.66. The zero-order valence-electron chi connectivity index (χ0n) is 17.1. The van der Waals surface area contributed by atoms with E-state index in [1.54, 1.807) is 18.2 Å². The molecule has 7 heteroatoms. The maximum absolute atomic E-state index is 12.9. The van der Waals surface area contributed by atoms with Gasteiger partial charge in [-0.25, -0.2) is 14.1 Å². The fourth-order valence-electron chi connectivity index (χ4n) is 4.39. The van der Waals surface area contributed by atoms with E-state index in [1.165, 1.54) is 22.3 Å². The minimum absolute atomic E-state index is 0.341. The van der Waals surface area contributed by atoms with Crippen LogP contribution in [0.25, 0.3) is 0 Å². The molecule has 4 rings (SSSR count). The van der Waals surface area contributed by atoms with Crippen molar-refractivity contribution in [3.8, 4) is 0 Å². The van der Waals surface area contributed by atoms with E-state index in [9.17, 15) is 9.00 Å². The second kappa shape index (κ2) is 8.71. The molecule has 0 saturated heterocycles. The molecule has 0 bridgehead atoms. The maximum atomic E-state index is 12.9. The Hall–Kier alpha value is -2.48. The van der Waals surface area contributed by atoms with Crippen molar-refractivity contribution in [2.75, 3.05) is 11.9 Å². The Labute approximate surface area is 178 Å². The molecule has 1 atom stereocenters. The summed E-state index contributed by atoms with van der Waals surface area (Å²) in [5, 5.41) is 12.1. The Morgan fingerprint density at radius 3 is 2.33 bits per heavy atom. The molecule has 2 aromatic carbocycles. The number of hydrogen-bond donors (Lipinski definition) is 3. The largest absolute Gasteiger partial charge is 0.354 e. The molecule has 2 aliphatic carbocycles. The Balaban J connectivity index is 1.55. The van der Waals surface area contributed by atoms with Gasteiger partial charge in [-0.2, -0.15) is 0 Å². The smallest absolute Gasteiger partial charge is 0.309 e. The highest BCUT2D eigenvalue weighted by atomic mass is 32.2. The molecule has 0 radical (unpaired) electrons. The number of hydrogen-bond acceptors (Lipinski definition) is 3. The van der Waals surface area contributed by atoms with Gasteiger partial charge in [0.25, 0.3) is 0 Å². The van der Waals surface area contributed by atoms with Crippen LogP contribution in [0.5, 0.6) is 0 Å². The van der Waals surface area contributed by atoms with E-state index in [1.807, 2.05) is 12.1 Å². The van der Waals surface area contributed by atoms with E-state index >= 15 is 0 Å². The quantitative estimate of drug-likeness (QED) is 0.485. The molecule has 4 N–H and O–H groups in total. The summed E-state index contributed by atoms with van der Waals surface area (Å²) in [6.07, 6.45) is 7.99. The van der Waals surface area contributed by atoms with Crippen molar-refractivity contribution in [3.05, 3.63) is 70.8 Å². The first kappa shape index (κ1) is 20.8. The molecule has 6 nitrogen and oxygen atoms in total. The summed E-state index contributed by atoms with van der Waals surface area (Å²) in [5.74, 6) is 0. The lowest BCUT2D eigenvalue weighted by Gasteiger charge is -2.15. The van der Waals surface area contributed by atoms with Crippen molar-refractivity contribution in [1.82, 2.24) is 5.32 Å². The molecule has 0 aromatic heterocycles. The summed E-state index contributed by atoms with van der Waals surface area (Å²) >= 11 is 0. The number of nitrogens with one attached hydrogen (secondary N) is 2. The van der Waals surface area contributed by atoms with Gasteiger partial charge in [-0.15, -0.1) is 10.9 Å². The van der Waals surface area contributed by atoms with Crippen LogP contribution in [0.1, 0.15) is 40.7 Å². The van der Waals surface area contributed by atoms with Gasteiger partial charge >= 0.3 is 6.03 Å². The van der Waals surface area contributed by atoms with Crippen LogP contribution in [-0.2, 0) is 42.1 Å². The number of fused-ring (bicyclic) bond motifs is 2. The summed E-state index contributed by atoms with van der Waals surface area (Å²) < 4.78 is 16.8. The van der Waals surface area contributed by atoms with Crippen molar-refractivity contribution in [2.45, 2.75) is 50.0 Å². The molecule has 30 heavy (non-hydrogen) atoms. The number of urea groups is 1. The fraction of sp³-hybridized carbons (Fsp3) is 0.348. The van der Waals surface area contributed by atoms with Crippen LogP contribution in [0.15, 0.2) is 52.2 Å². The molecule has 1 unspecified atom stereocenters. The molecule has 2 aromatic rings. The first-order valence-corrected chi connectivity index (χ1v) is 12.0. The molecular weight excluding hydrogens is 396 g/mol. The topological polar surface area (TPSA) is 96.6 Å². The Bertz CT molecular complexity index is 1070. The van der Waals surface area contributed by atoms with E-state index in [-0.39, 0.29) is 0 Å². The molecule has 0 fully saturated rings. The lowest BCUT2D eigenvalue weighted by molar-refractivity contribution is 0.260. The van der Waals surface area contributed by atoms with Gasteiger partial charge in [0.2, 0.25) is 0 Å². The first-order valence-electron chi connectivity index (χ1n) is 10.4. The average molecular weight is 425 g/mol. The zero-order valence-corrected chi connectivity index (χ0v) is 17.9. The molecule has 0 heterocycles. The van der Waals surface area contributed by atoms with Crippen LogP contribution in [0.4, 0.5) is 10.5 Å². The minimum atomic E-state index is -3.32. The van der Waals surface area contributed by atoms with Crippen LogP contribution >= 0.6 is 0 Å². The fourth-order valence-corrected chi connectivity index (χ4v) is 5.32. The molecule has 0 saturated carbocycles. The van der Waals surface area contributed by atoms with Crippen LogP contribution in [0.2, 0.25) is 0 Å².